The molecule has 4 nitrogen and oxygen atoms in total. The predicted octanol–water partition coefficient (Wildman–Crippen LogP) is 0.887. The lowest BCUT2D eigenvalue weighted by molar-refractivity contribution is -0.124. The van der Waals surface area contributed by atoms with E-state index in [2.05, 4.69) is 5.32 Å². The first kappa shape index (κ1) is 13.1. The molecule has 0 spiro atoms. The molecule has 1 fully saturated rings. The lowest BCUT2D eigenvalue weighted by atomic mass is 9.90. The van der Waals surface area contributed by atoms with E-state index in [1.807, 2.05) is 30.3 Å². The Labute approximate surface area is 107 Å². The highest BCUT2D eigenvalue weighted by molar-refractivity contribution is 5.79. The molecule has 0 atom stereocenters. The molecule has 1 aromatic rings. The Hall–Kier alpha value is -1.39. The monoisotopic (exact) mass is 249 g/mol. The van der Waals surface area contributed by atoms with Crippen molar-refractivity contribution in [1.82, 2.24) is 5.32 Å². The number of carbonyl (C=O) groups is 1. The van der Waals surface area contributed by atoms with Gasteiger partial charge < -0.3 is 15.2 Å². The van der Waals surface area contributed by atoms with Crippen LogP contribution in [-0.4, -0.2) is 36.4 Å². The first-order valence-electron chi connectivity index (χ1n) is 6.28. The van der Waals surface area contributed by atoms with Gasteiger partial charge in [-0.2, -0.15) is 0 Å². The third-order valence-corrected chi connectivity index (χ3v) is 3.36. The number of nitrogens with one attached hydrogen (secondary N) is 1. The number of ether oxygens (including phenoxy) is 1. The van der Waals surface area contributed by atoms with Crippen LogP contribution in [0.5, 0.6) is 0 Å². The maximum atomic E-state index is 12.0. The van der Waals surface area contributed by atoms with Gasteiger partial charge in [-0.15, -0.1) is 0 Å². The summed E-state index contributed by atoms with van der Waals surface area (Å²) >= 11 is 0. The normalized spacial score (nSPS) is 18.3. The maximum absolute atomic E-state index is 12.0. The number of hydrogen-bond acceptors (Lipinski definition) is 3. The summed E-state index contributed by atoms with van der Waals surface area (Å²) in [6.45, 7) is 1.15. The molecule has 0 aromatic heterocycles. The highest BCUT2D eigenvalue weighted by atomic mass is 16.5. The molecule has 0 aliphatic carbocycles. The molecule has 2 rings (SSSR count). The van der Waals surface area contributed by atoms with Gasteiger partial charge in [0.15, 0.2) is 0 Å². The van der Waals surface area contributed by atoms with Crippen LogP contribution in [0.4, 0.5) is 0 Å². The van der Waals surface area contributed by atoms with Crippen LogP contribution in [0.1, 0.15) is 18.4 Å². The largest absolute Gasteiger partial charge is 0.394 e. The number of carbonyl (C=O) groups excluding carboxylic acids is 1. The fourth-order valence-corrected chi connectivity index (χ4v) is 2.21. The Balaban J connectivity index is 1.93. The third-order valence-electron chi connectivity index (χ3n) is 3.36. The average molecular weight is 249 g/mol. The lowest BCUT2D eigenvalue weighted by Gasteiger charge is -2.36. The van der Waals surface area contributed by atoms with Crippen molar-refractivity contribution in [3.8, 4) is 0 Å². The molecule has 18 heavy (non-hydrogen) atoms. The van der Waals surface area contributed by atoms with Crippen LogP contribution in [0, 0.1) is 0 Å². The summed E-state index contributed by atoms with van der Waals surface area (Å²) in [5, 5.41) is 12.4. The van der Waals surface area contributed by atoms with E-state index in [1.165, 1.54) is 0 Å². The molecule has 1 aliphatic heterocycles. The molecule has 1 amide bonds. The fourth-order valence-electron chi connectivity index (χ4n) is 2.21. The van der Waals surface area contributed by atoms with E-state index in [-0.39, 0.29) is 12.5 Å². The van der Waals surface area contributed by atoms with E-state index in [0.29, 0.717) is 32.5 Å². The number of aliphatic hydroxyl groups is 1. The van der Waals surface area contributed by atoms with E-state index in [9.17, 15) is 9.90 Å². The van der Waals surface area contributed by atoms with E-state index in [0.717, 1.165) is 5.56 Å². The van der Waals surface area contributed by atoms with Gasteiger partial charge in [-0.1, -0.05) is 30.3 Å². The average Bonchev–Trinajstić information content (AvgIpc) is 2.41. The molecule has 0 radical (unpaired) electrons. The van der Waals surface area contributed by atoms with Gasteiger partial charge in [-0.05, 0) is 18.4 Å². The van der Waals surface area contributed by atoms with Gasteiger partial charge in [0.05, 0.1) is 18.6 Å². The second kappa shape index (κ2) is 5.98. The Morgan fingerprint density at radius 2 is 1.94 bits per heavy atom. The van der Waals surface area contributed by atoms with Crippen molar-refractivity contribution in [1.29, 1.82) is 0 Å². The predicted molar refractivity (Wildman–Crippen MR) is 68.2 cm³/mol. The zero-order valence-corrected chi connectivity index (χ0v) is 10.4. The fraction of sp³-hybridized carbons (Fsp3) is 0.500. The molecular formula is C14H19NO3. The van der Waals surface area contributed by atoms with Crippen molar-refractivity contribution in [2.24, 2.45) is 0 Å². The second-order valence-corrected chi connectivity index (χ2v) is 4.76. The summed E-state index contributed by atoms with van der Waals surface area (Å²) < 4.78 is 5.26. The molecule has 1 aliphatic rings. The Morgan fingerprint density at radius 1 is 1.28 bits per heavy atom. The minimum absolute atomic E-state index is 0.0309. The van der Waals surface area contributed by atoms with Gasteiger partial charge in [-0.3, -0.25) is 4.79 Å². The van der Waals surface area contributed by atoms with Crippen molar-refractivity contribution < 1.29 is 14.6 Å². The lowest BCUT2D eigenvalue weighted by Crippen LogP contribution is -2.55. The van der Waals surface area contributed by atoms with Crippen molar-refractivity contribution in [3.63, 3.8) is 0 Å². The molecule has 1 aromatic carbocycles. The van der Waals surface area contributed by atoms with E-state index >= 15 is 0 Å². The van der Waals surface area contributed by atoms with Gasteiger partial charge in [0.1, 0.15) is 0 Å². The Kier molecular flexibility index (Phi) is 4.33. The summed E-state index contributed by atoms with van der Waals surface area (Å²) in [6, 6.07) is 9.61. The quantitative estimate of drug-likeness (QED) is 0.833. The van der Waals surface area contributed by atoms with Crippen molar-refractivity contribution >= 4 is 5.91 Å². The molecule has 2 N–H and O–H groups in total. The summed E-state index contributed by atoms with van der Waals surface area (Å²) in [5.41, 5.74) is 0.486. The number of hydrogen-bond donors (Lipinski definition) is 2. The highest BCUT2D eigenvalue weighted by Gasteiger charge is 2.33. The second-order valence-electron chi connectivity index (χ2n) is 4.76. The number of rotatable bonds is 4. The zero-order valence-electron chi connectivity index (χ0n) is 10.4. The third kappa shape index (κ3) is 3.31. The van der Waals surface area contributed by atoms with Crippen molar-refractivity contribution in [3.05, 3.63) is 35.9 Å². The maximum Gasteiger partial charge on any atom is 0.224 e. The minimum Gasteiger partial charge on any atom is -0.394 e. The Bertz CT molecular complexity index is 385. The van der Waals surface area contributed by atoms with Crippen LogP contribution in [0.15, 0.2) is 30.3 Å². The zero-order chi connectivity index (χ0) is 12.8. The first-order valence-corrected chi connectivity index (χ1v) is 6.28. The number of aliphatic hydroxyl groups excluding tert-OH is 1. The van der Waals surface area contributed by atoms with Crippen molar-refractivity contribution in [2.75, 3.05) is 19.8 Å². The van der Waals surface area contributed by atoms with Crippen LogP contribution in [-0.2, 0) is 16.0 Å². The molecule has 98 valence electrons. The van der Waals surface area contributed by atoms with Gasteiger partial charge in [-0.25, -0.2) is 0 Å². The van der Waals surface area contributed by atoms with Gasteiger partial charge >= 0.3 is 0 Å². The van der Waals surface area contributed by atoms with E-state index < -0.39 is 5.54 Å². The summed E-state index contributed by atoms with van der Waals surface area (Å²) in [6.07, 6.45) is 1.69. The molecular weight excluding hydrogens is 230 g/mol. The van der Waals surface area contributed by atoms with Crippen LogP contribution in [0.2, 0.25) is 0 Å². The summed E-state index contributed by atoms with van der Waals surface area (Å²) in [5.74, 6) is -0.0443. The molecule has 0 saturated carbocycles. The number of amides is 1. The number of benzene rings is 1. The van der Waals surface area contributed by atoms with Gasteiger partial charge in [0.25, 0.3) is 0 Å². The Morgan fingerprint density at radius 3 is 2.56 bits per heavy atom. The van der Waals surface area contributed by atoms with Gasteiger partial charge in [0, 0.05) is 13.2 Å². The molecule has 0 bridgehead atoms. The van der Waals surface area contributed by atoms with Crippen LogP contribution >= 0.6 is 0 Å². The van der Waals surface area contributed by atoms with Crippen LogP contribution < -0.4 is 5.32 Å². The summed E-state index contributed by atoms with van der Waals surface area (Å²) in [4.78, 5) is 12.0. The molecule has 0 unspecified atom stereocenters. The topological polar surface area (TPSA) is 58.6 Å². The first-order chi connectivity index (χ1) is 8.74. The van der Waals surface area contributed by atoms with Crippen LogP contribution in [0.25, 0.3) is 0 Å². The molecule has 1 heterocycles. The van der Waals surface area contributed by atoms with Crippen LogP contribution in [0.3, 0.4) is 0 Å². The molecule has 1 saturated heterocycles. The summed E-state index contributed by atoms with van der Waals surface area (Å²) in [7, 11) is 0. The van der Waals surface area contributed by atoms with E-state index in [4.69, 9.17) is 4.74 Å². The van der Waals surface area contributed by atoms with Gasteiger partial charge in [0.2, 0.25) is 5.91 Å². The van der Waals surface area contributed by atoms with Crippen molar-refractivity contribution in [2.45, 2.75) is 24.8 Å². The minimum atomic E-state index is -0.496. The van der Waals surface area contributed by atoms with E-state index in [1.54, 1.807) is 0 Å². The smallest absolute Gasteiger partial charge is 0.224 e. The highest BCUT2D eigenvalue weighted by Crippen LogP contribution is 2.20. The SMILES string of the molecule is O=C(Cc1ccccc1)NC1(CO)CCOCC1. The standard InChI is InChI=1S/C14H19NO3/c16-11-14(6-8-18-9-7-14)15-13(17)10-12-4-2-1-3-5-12/h1-5,16H,6-11H2,(H,15,17). The molecule has 4 heteroatoms.